The van der Waals surface area contributed by atoms with Crippen molar-refractivity contribution in [3.05, 3.63) is 75.5 Å². The lowest BCUT2D eigenvalue weighted by Crippen LogP contribution is -2.14. The van der Waals surface area contributed by atoms with E-state index in [1.807, 2.05) is 24.3 Å². The Bertz CT molecular complexity index is 1010. The second-order valence-corrected chi connectivity index (χ2v) is 8.35. The molecule has 0 bridgehead atoms. The van der Waals surface area contributed by atoms with Crippen LogP contribution < -0.4 is 0 Å². The van der Waals surface area contributed by atoms with Crippen LogP contribution in [0.1, 0.15) is 59.3 Å². The van der Waals surface area contributed by atoms with Crippen molar-refractivity contribution in [1.29, 1.82) is 0 Å². The van der Waals surface area contributed by atoms with Crippen molar-refractivity contribution in [1.82, 2.24) is 15.0 Å². The van der Waals surface area contributed by atoms with E-state index < -0.39 is 5.97 Å². The average molecular weight is 454 g/mol. The highest BCUT2D eigenvalue weighted by atomic mass is 79.9. The second-order valence-electron chi connectivity index (χ2n) is 7.44. The Morgan fingerprint density at radius 2 is 2.00 bits per heavy atom. The Labute approximate surface area is 179 Å². The van der Waals surface area contributed by atoms with Crippen LogP contribution in [0.25, 0.3) is 5.69 Å². The standard InChI is InChI=1S/C23H24BrN3O2/c1-2-16(19-11-10-17-6-3-4-7-18(17)12-19)15-29-23(28)22-14-25-27(26-22)21-9-5-8-20(24)13-21/h5,8-14,16H,2-4,6-7,15H2,1H3. The summed E-state index contributed by atoms with van der Waals surface area (Å²) < 4.78 is 6.51. The van der Waals surface area contributed by atoms with E-state index in [0.717, 1.165) is 23.0 Å². The quantitative estimate of drug-likeness (QED) is 0.477. The number of ether oxygens (including phenoxy) is 1. The molecule has 0 N–H and O–H groups in total. The molecular formula is C23H24BrN3O2. The number of fused-ring (bicyclic) bond motifs is 1. The van der Waals surface area contributed by atoms with Gasteiger partial charge in [-0.2, -0.15) is 9.90 Å². The number of aromatic nitrogens is 3. The predicted octanol–water partition coefficient (Wildman–Crippen LogP) is 5.26. The van der Waals surface area contributed by atoms with Crippen LogP contribution in [0.4, 0.5) is 0 Å². The number of carbonyl (C=O) groups excluding carboxylic acids is 1. The highest BCUT2D eigenvalue weighted by Gasteiger charge is 2.18. The van der Waals surface area contributed by atoms with Crippen LogP contribution in [0.2, 0.25) is 0 Å². The van der Waals surface area contributed by atoms with Gasteiger partial charge in [-0.05, 0) is 67.0 Å². The first-order valence-electron chi connectivity index (χ1n) is 10.1. The summed E-state index contributed by atoms with van der Waals surface area (Å²) in [5, 5.41) is 8.45. The zero-order valence-electron chi connectivity index (χ0n) is 16.5. The Kier molecular flexibility index (Phi) is 6.09. The van der Waals surface area contributed by atoms with Crippen LogP contribution in [0, 0.1) is 0 Å². The minimum atomic E-state index is -0.442. The number of carbonyl (C=O) groups is 1. The molecule has 0 saturated carbocycles. The molecule has 1 heterocycles. The van der Waals surface area contributed by atoms with E-state index in [2.05, 4.69) is 51.3 Å². The molecule has 0 fully saturated rings. The maximum absolute atomic E-state index is 12.5. The number of halogens is 1. The third kappa shape index (κ3) is 4.58. The van der Waals surface area contributed by atoms with E-state index in [-0.39, 0.29) is 11.6 Å². The topological polar surface area (TPSA) is 57.0 Å². The third-order valence-electron chi connectivity index (χ3n) is 5.49. The largest absolute Gasteiger partial charge is 0.460 e. The molecule has 1 aliphatic rings. The van der Waals surface area contributed by atoms with E-state index in [1.54, 1.807) is 0 Å². The average Bonchev–Trinajstić information content (AvgIpc) is 3.24. The molecule has 0 amide bonds. The van der Waals surface area contributed by atoms with E-state index >= 15 is 0 Å². The van der Waals surface area contributed by atoms with Crippen LogP contribution in [0.3, 0.4) is 0 Å². The normalized spacial score (nSPS) is 14.3. The van der Waals surface area contributed by atoms with Gasteiger partial charge in [0.1, 0.15) is 0 Å². The highest BCUT2D eigenvalue weighted by molar-refractivity contribution is 9.10. The Balaban J connectivity index is 1.42. The van der Waals surface area contributed by atoms with Gasteiger partial charge in [0, 0.05) is 10.4 Å². The smallest absolute Gasteiger partial charge is 0.360 e. The second kappa shape index (κ2) is 8.91. The predicted molar refractivity (Wildman–Crippen MR) is 115 cm³/mol. The summed E-state index contributed by atoms with van der Waals surface area (Å²) in [5.74, 6) is -0.256. The number of aryl methyl sites for hydroxylation is 2. The lowest BCUT2D eigenvalue weighted by Gasteiger charge is -2.20. The van der Waals surface area contributed by atoms with Crippen molar-refractivity contribution in [2.45, 2.75) is 44.9 Å². The van der Waals surface area contributed by atoms with E-state index in [9.17, 15) is 4.79 Å². The van der Waals surface area contributed by atoms with E-state index in [1.165, 1.54) is 46.9 Å². The molecule has 0 spiro atoms. The first-order chi connectivity index (χ1) is 14.1. The molecular weight excluding hydrogens is 430 g/mol. The molecule has 1 aromatic heterocycles. The number of esters is 1. The highest BCUT2D eigenvalue weighted by Crippen LogP contribution is 2.27. The first kappa shape index (κ1) is 19.8. The molecule has 6 heteroatoms. The van der Waals surface area contributed by atoms with Gasteiger partial charge in [0.2, 0.25) is 0 Å². The fourth-order valence-corrected chi connectivity index (χ4v) is 4.18. The fourth-order valence-electron chi connectivity index (χ4n) is 3.79. The van der Waals surface area contributed by atoms with Crippen molar-refractivity contribution >= 4 is 21.9 Å². The maximum atomic E-state index is 12.5. The van der Waals surface area contributed by atoms with Crippen LogP contribution >= 0.6 is 15.9 Å². The third-order valence-corrected chi connectivity index (χ3v) is 5.99. The van der Waals surface area contributed by atoms with Crippen LogP contribution in [0.15, 0.2) is 53.1 Å². The van der Waals surface area contributed by atoms with Gasteiger partial charge in [-0.1, -0.05) is 47.1 Å². The molecule has 3 aromatic rings. The molecule has 29 heavy (non-hydrogen) atoms. The molecule has 1 aliphatic carbocycles. The van der Waals surface area contributed by atoms with Gasteiger partial charge in [-0.25, -0.2) is 4.79 Å². The Hall–Kier alpha value is -2.47. The summed E-state index contributed by atoms with van der Waals surface area (Å²) in [6, 6.07) is 14.3. The summed E-state index contributed by atoms with van der Waals surface area (Å²) in [6.07, 6.45) is 7.23. The van der Waals surface area contributed by atoms with Gasteiger partial charge in [0.15, 0.2) is 5.69 Å². The molecule has 1 unspecified atom stereocenters. The zero-order valence-corrected chi connectivity index (χ0v) is 18.1. The minimum absolute atomic E-state index is 0.186. The lowest BCUT2D eigenvalue weighted by molar-refractivity contribution is 0.0470. The van der Waals surface area contributed by atoms with Crippen molar-refractivity contribution in [2.75, 3.05) is 6.61 Å². The van der Waals surface area contributed by atoms with Crippen LogP contribution in [-0.4, -0.2) is 27.6 Å². The number of rotatable bonds is 6. The van der Waals surface area contributed by atoms with Gasteiger partial charge in [0.05, 0.1) is 18.5 Å². The number of hydrogen-bond acceptors (Lipinski definition) is 4. The van der Waals surface area contributed by atoms with E-state index in [4.69, 9.17) is 4.74 Å². The maximum Gasteiger partial charge on any atom is 0.360 e. The van der Waals surface area contributed by atoms with Crippen molar-refractivity contribution < 1.29 is 9.53 Å². The van der Waals surface area contributed by atoms with Gasteiger partial charge >= 0.3 is 5.97 Å². The summed E-state index contributed by atoms with van der Waals surface area (Å²) in [6.45, 7) is 2.47. The number of nitrogens with zero attached hydrogens (tertiary/aromatic N) is 3. The Morgan fingerprint density at radius 1 is 1.17 bits per heavy atom. The van der Waals surface area contributed by atoms with Crippen molar-refractivity contribution in [2.24, 2.45) is 0 Å². The fraction of sp³-hybridized carbons (Fsp3) is 0.348. The molecule has 5 nitrogen and oxygen atoms in total. The molecule has 150 valence electrons. The lowest BCUT2D eigenvalue weighted by atomic mass is 9.87. The summed E-state index contributed by atoms with van der Waals surface area (Å²) in [4.78, 5) is 13.9. The molecule has 0 aliphatic heterocycles. The zero-order chi connectivity index (χ0) is 20.2. The molecule has 4 rings (SSSR count). The molecule has 2 aromatic carbocycles. The van der Waals surface area contributed by atoms with Crippen molar-refractivity contribution in [3.63, 3.8) is 0 Å². The SMILES string of the molecule is CCC(COC(=O)c1cnn(-c2cccc(Br)c2)n1)c1ccc2c(c1)CCCC2. The number of benzene rings is 2. The van der Waals surface area contributed by atoms with Crippen LogP contribution in [-0.2, 0) is 17.6 Å². The van der Waals surface area contributed by atoms with Gasteiger partial charge in [-0.3, -0.25) is 0 Å². The van der Waals surface area contributed by atoms with Crippen molar-refractivity contribution in [3.8, 4) is 5.69 Å². The molecule has 0 saturated heterocycles. The summed E-state index contributed by atoms with van der Waals surface area (Å²) in [7, 11) is 0. The van der Waals surface area contributed by atoms with Gasteiger partial charge in [-0.15, -0.1) is 5.10 Å². The molecule has 1 atom stereocenters. The minimum Gasteiger partial charge on any atom is -0.460 e. The van der Waals surface area contributed by atoms with Crippen LogP contribution in [0.5, 0.6) is 0 Å². The summed E-state index contributed by atoms with van der Waals surface area (Å²) in [5.41, 5.74) is 5.16. The Morgan fingerprint density at radius 3 is 2.79 bits per heavy atom. The van der Waals surface area contributed by atoms with E-state index in [0.29, 0.717) is 6.61 Å². The number of hydrogen-bond donors (Lipinski definition) is 0. The first-order valence-corrected chi connectivity index (χ1v) is 10.9. The van der Waals surface area contributed by atoms with Gasteiger partial charge < -0.3 is 4.74 Å². The monoisotopic (exact) mass is 453 g/mol. The molecule has 0 radical (unpaired) electrons. The summed E-state index contributed by atoms with van der Waals surface area (Å²) >= 11 is 3.43. The van der Waals surface area contributed by atoms with Gasteiger partial charge in [0.25, 0.3) is 0 Å².